The number of likely N-dealkylation sites (tertiary alicyclic amines) is 1. The second-order valence-electron chi connectivity index (χ2n) is 6.49. The Bertz CT molecular complexity index is 747. The third-order valence-electron chi connectivity index (χ3n) is 4.68. The molecule has 126 valence electrons. The molecular weight excluding hydrogens is 308 g/mol. The van der Waals surface area contributed by atoms with Crippen molar-refractivity contribution in [3.8, 4) is 22.8 Å². The summed E-state index contributed by atoms with van der Waals surface area (Å²) >= 11 is 0. The van der Waals surface area contributed by atoms with Gasteiger partial charge in [0.05, 0.1) is 12.1 Å². The van der Waals surface area contributed by atoms with E-state index in [1.807, 2.05) is 29.2 Å². The summed E-state index contributed by atoms with van der Waals surface area (Å²) in [6, 6.07) is 7.42. The average Bonchev–Trinajstić information content (AvgIpc) is 3.23. The molecule has 0 spiro atoms. The minimum atomic E-state index is 0.118. The monoisotopic (exact) mass is 328 g/mol. The number of rotatable bonds is 3. The van der Waals surface area contributed by atoms with Crippen LogP contribution in [-0.2, 0) is 11.2 Å². The minimum absolute atomic E-state index is 0.118. The van der Waals surface area contributed by atoms with Crippen LogP contribution in [0.1, 0.15) is 25.5 Å². The standard InChI is InChI=1S/C18H20N2O4/c1-12-4-6-20(7-5-12)18(21)10-14-9-16(24-19-14)13-2-3-15-17(8-13)23-11-22-15/h2-3,8-9,12H,4-7,10-11H2,1H3. The van der Waals surface area contributed by atoms with E-state index in [9.17, 15) is 4.79 Å². The quantitative estimate of drug-likeness (QED) is 0.867. The van der Waals surface area contributed by atoms with Gasteiger partial charge in [0, 0.05) is 24.7 Å². The van der Waals surface area contributed by atoms with Crippen molar-refractivity contribution >= 4 is 5.91 Å². The highest BCUT2D eigenvalue weighted by molar-refractivity contribution is 5.78. The second-order valence-corrected chi connectivity index (χ2v) is 6.49. The van der Waals surface area contributed by atoms with Gasteiger partial charge in [-0.15, -0.1) is 0 Å². The first-order valence-electron chi connectivity index (χ1n) is 8.32. The first kappa shape index (κ1) is 15.1. The zero-order valence-electron chi connectivity index (χ0n) is 13.7. The highest BCUT2D eigenvalue weighted by Gasteiger charge is 2.22. The number of fused-ring (bicyclic) bond motifs is 1. The number of hydrogen-bond acceptors (Lipinski definition) is 5. The van der Waals surface area contributed by atoms with Crippen LogP contribution >= 0.6 is 0 Å². The Morgan fingerprint density at radius 2 is 2.00 bits per heavy atom. The highest BCUT2D eigenvalue weighted by atomic mass is 16.7. The summed E-state index contributed by atoms with van der Waals surface area (Å²) < 4.78 is 16.1. The number of benzene rings is 1. The topological polar surface area (TPSA) is 64.8 Å². The zero-order valence-corrected chi connectivity index (χ0v) is 13.7. The summed E-state index contributed by atoms with van der Waals surface area (Å²) in [4.78, 5) is 14.3. The molecule has 4 rings (SSSR count). The lowest BCUT2D eigenvalue weighted by Crippen LogP contribution is -2.38. The first-order chi connectivity index (χ1) is 11.7. The van der Waals surface area contributed by atoms with Gasteiger partial charge in [-0.1, -0.05) is 12.1 Å². The van der Waals surface area contributed by atoms with Crippen molar-refractivity contribution < 1.29 is 18.8 Å². The largest absolute Gasteiger partial charge is 0.454 e. The molecule has 6 heteroatoms. The van der Waals surface area contributed by atoms with Gasteiger partial charge in [0.1, 0.15) is 0 Å². The average molecular weight is 328 g/mol. The van der Waals surface area contributed by atoms with Gasteiger partial charge in [-0.2, -0.15) is 0 Å². The van der Waals surface area contributed by atoms with Crippen LogP contribution in [0.3, 0.4) is 0 Å². The molecule has 2 aliphatic heterocycles. The summed E-state index contributed by atoms with van der Waals surface area (Å²) in [5.41, 5.74) is 1.52. The van der Waals surface area contributed by atoms with Crippen LogP contribution in [-0.4, -0.2) is 35.8 Å². The molecule has 1 amide bonds. The zero-order chi connectivity index (χ0) is 16.5. The van der Waals surface area contributed by atoms with Gasteiger partial charge in [-0.25, -0.2) is 0 Å². The molecule has 2 aromatic rings. The van der Waals surface area contributed by atoms with Crippen molar-refractivity contribution in [1.29, 1.82) is 0 Å². The predicted octanol–water partition coefficient (Wildman–Crippen LogP) is 2.87. The fourth-order valence-corrected chi connectivity index (χ4v) is 3.11. The summed E-state index contributed by atoms with van der Waals surface area (Å²) in [6.45, 7) is 4.15. The molecule has 0 atom stereocenters. The van der Waals surface area contributed by atoms with Gasteiger partial charge in [0.25, 0.3) is 0 Å². The molecule has 0 unspecified atom stereocenters. The number of piperidine rings is 1. The van der Waals surface area contributed by atoms with Gasteiger partial charge in [0.15, 0.2) is 17.3 Å². The van der Waals surface area contributed by atoms with Crippen LogP contribution in [0.15, 0.2) is 28.8 Å². The fourth-order valence-electron chi connectivity index (χ4n) is 3.11. The molecule has 1 aromatic carbocycles. The molecule has 24 heavy (non-hydrogen) atoms. The summed E-state index contributed by atoms with van der Waals surface area (Å²) in [7, 11) is 0. The van der Waals surface area contributed by atoms with E-state index < -0.39 is 0 Å². The van der Waals surface area contributed by atoms with Crippen molar-refractivity contribution in [2.24, 2.45) is 5.92 Å². The van der Waals surface area contributed by atoms with Crippen LogP contribution in [0.2, 0.25) is 0 Å². The van der Waals surface area contributed by atoms with Crippen molar-refractivity contribution in [3.05, 3.63) is 30.0 Å². The molecule has 2 aliphatic rings. The van der Waals surface area contributed by atoms with E-state index in [1.165, 1.54) is 0 Å². The Morgan fingerprint density at radius 1 is 1.21 bits per heavy atom. The third-order valence-corrected chi connectivity index (χ3v) is 4.68. The molecule has 3 heterocycles. The number of carbonyl (C=O) groups is 1. The second kappa shape index (κ2) is 6.19. The summed E-state index contributed by atoms with van der Waals surface area (Å²) in [5, 5.41) is 4.04. The smallest absolute Gasteiger partial charge is 0.231 e. The first-order valence-corrected chi connectivity index (χ1v) is 8.32. The molecule has 0 N–H and O–H groups in total. The van der Waals surface area contributed by atoms with E-state index in [4.69, 9.17) is 14.0 Å². The van der Waals surface area contributed by atoms with Gasteiger partial charge < -0.3 is 18.9 Å². The van der Waals surface area contributed by atoms with Crippen LogP contribution in [0.4, 0.5) is 0 Å². The van der Waals surface area contributed by atoms with Gasteiger partial charge in [-0.3, -0.25) is 4.79 Å². The lowest BCUT2D eigenvalue weighted by molar-refractivity contribution is -0.131. The van der Waals surface area contributed by atoms with Crippen molar-refractivity contribution in [2.45, 2.75) is 26.2 Å². The van der Waals surface area contributed by atoms with Gasteiger partial charge in [-0.05, 0) is 37.0 Å². The minimum Gasteiger partial charge on any atom is -0.454 e. The third kappa shape index (κ3) is 2.96. The molecule has 0 radical (unpaired) electrons. The van der Waals surface area contributed by atoms with E-state index >= 15 is 0 Å². The van der Waals surface area contributed by atoms with E-state index in [0.29, 0.717) is 23.1 Å². The fraction of sp³-hybridized carbons (Fsp3) is 0.444. The molecule has 0 bridgehead atoms. The normalized spacial score (nSPS) is 17.3. The Morgan fingerprint density at radius 3 is 2.83 bits per heavy atom. The van der Waals surface area contributed by atoms with Crippen LogP contribution in [0, 0.1) is 5.92 Å². The summed E-state index contributed by atoms with van der Waals surface area (Å²) in [6.07, 6.45) is 2.43. The van der Waals surface area contributed by atoms with Crippen molar-refractivity contribution in [1.82, 2.24) is 10.1 Å². The lowest BCUT2D eigenvalue weighted by Gasteiger charge is -2.30. The molecule has 0 saturated carbocycles. The van der Waals surface area contributed by atoms with Crippen LogP contribution in [0.5, 0.6) is 11.5 Å². The van der Waals surface area contributed by atoms with Gasteiger partial charge >= 0.3 is 0 Å². The molecule has 1 aromatic heterocycles. The number of aromatic nitrogens is 1. The van der Waals surface area contributed by atoms with Gasteiger partial charge in [0.2, 0.25) is 12.7 Å². The predicted molar refractivity (Wildman–Crippen MR) is 86.7 cm³/mol. The number of carbonyl (C=O) groups excluding carboxylic acids is 1. The van der Waals surface area contributed by atoms with E-state index in [2.05, 4.69) is 12.1 Å². The van der Waals surface area contributed by atoms with E-state index in [0.717, 1.165) is 37.2 Å². The number of ether oxygens (including phenoxy) is 2. The molecular formula is C18H20N2O4. The highest BCUT2D eigenvalue weighted by Crippen LogP contribution is 2.36. The number of nitrogens with zero attached hydrogens (tertiary/aromatic N) is 2. The van der Waals surface area contributed by atoms with E-state index in [-0.39, 0.29) is 19.1 Å². The maximum absolute atomic E-state index is 12.4. The van der Waals surface area contributed by atoms with Crippen LogP contribution < -0.4 is 9.47 Å². The molecule has 6 nitrogen and oxygen atoms in total. The van der Waals surface area contributed by atoms with Crippen molar-refractivity contribution in [3.63, 3.8) is 0 Å². The maximum Gasteiger partial charge on any atom is 0.231 e. The number of amides is 1. The van der Waals surface area contributed by atoms with Crippen LogP contribution in [0.25, 0.3) is 11.3 Å². The number of hydrogen-bond donors (Lipinski definition) is 0. The SMILES string of the molecule is CC1CCN(C(=O)Cc2cc(-c3ccc4c(c3)OCO4)on2)CC1. The Balaban J connectivity index is 1.44. The lowest BCUT2D eigenvalue weighted by atomic mass is 9.99. The van der Waals surface area contributed by atoms with E-state index in [1.54, 1.807) is 0 Å². The maximum atomic E-state index is 12.4. The Labute approximate surface area is 140 Å². The van der Waals surface area contributed by atoms with Crippen molar-refractivity contribution in [2.75, 3.05) is 19.9 Å². The Kier molecular flexibility index (Phi) is 3.88. The summed E-state index contributed by atoms with van der Waals surface area (Å²) in [5.74, 6) is 2.88. The molecule has 1 saturated heterocycles. The Hall–Kier alpha value is -2.50. The molecule has 1 fully saturated rings. The molecule has 0 aliphatic carbocycles.